The Labute approximate surface area is 127 Å². The molecule has 5 nitrogen and oxygen atoms in total. The van der Waals surface area contributed by atoms with Crippen LogP contribution in [0.2, 0.25) is 4.34 Å². The lowest BCUT2D eigenvalue weighted by Gasteiger charge is -2.15. The predicted octanol–water partition coefficient (Wildman–Crippen LogP) is 2.22. The molecule has 0 fully saturated rings. The van der Waals surface area contributed by atoms with Gasteiger partial charge in [-0.25, -0.2) is 13.1 Å². The molecule has 2 aromatic heterocycles. The zero-order valence-corrected chi connectivity index (χ0v) is 13.2. The molecule has 110 valence electrons. The highest BCUT2D eigenvalue weighted by atomic mass is 35.5. The fourth-order valence-corrected chi connectivity index (χ4v) is 3.35. The van der Waals surface area contributed by atoms with Crippen LogP contribution < -0.4 is 10.0 Å². The highest BCUT2D eigenvalue weighted by molar-refractivity contribution is 7.88. The van der Waals surface area contributed by atoms with Crippen LogP contribution in [0.25, 0.3) is 0 Å². The Morgan fingerprint density at radius 3 is 2.70 bits per heavy atom. The topological polar surface area (TPSA) is 71.3 Å². The van der Waals surface area contributed by atoms with Crippen molar-refractivity contribution in [2.24, 2.45) is 0 Å². The van der Waals surface area contributed by atoms with Crippen molar-refractivity contribution >= 4 is 33.0 Å². The van der Waals surface area contributed by atoms with Gasteiger partial charge in [-0.1, -0.05) is 11.6 Å². The van der Waals surface area contributed by atoms with E-state index in [0.717, 1.165) is 16.9 Å². The van der Waals surface area contributed by atoms with Crippen molar-refractivity contribution in [3.63, 3.8) is 0 Å². The zero-order chi connectivity index (χ0) is 14.6. The van der Waals surface area contributed by atoms with Crippen LogP contribution in [-0.4, -0.2) is 27.8 Å². The van der Waals surface area contributed by atoms with Crippen molar-refractivity contribution in [1.29, 1.82) is 0 Å². The number of thiophene rings is 1. The van der Waals surface area contributed by atoms with E-state index < -0.39 is 10.0 Å². The summed E-state index contributed by atoms with van der Waals surface area (Å²) < 4.78 is 30.6. The van der Waals surface area contributed by atoms with E-state index in [1.807, 2.05) is 24.3 Å². The van der Waals surface area contributed by atoms with Crippen molar-refractivity contribution in [2.45, 2.75) is 6.04 Å². The Kier molecular flexibility index (Phi) is 5.22. The molecule has 1 atom stereocenters. The van der Waals surface area contributed by atoms with E-state index in [9.17, 15) is 8.42 Å². The highest BCUT2D eigenvalue weighted by Gasteiger charge is 2.18. The number of furan rings is 1. The first-order valence-corrected chi connectivity index (χ1v) is 9.01. The van der Waals surface area contributed by atoms with Crippen molar-refractivity contribution in [2.75, 3.05) is 19.3 Å². The number of sulfonamides is 1. The minimum Gasteiger partial charge on any atom is -0.467 e. The molecule has 8 heteroatoms. The molecule has 2 aromatic rings. The van der Waals surface area contributed by atoms with Crippen molar-refractivity contribution in [3.05, 3.63) is 45.5 Å². The second-order valence-corrected chi connectivity index (χ2v) is 7.79. The summed E-state index contributed by atoms with van der Waals surface area (Å²) in [5.41, 5.74) is 0. The number of nitrogens with one attached hydrogen (secondary N) is 2. The van der Waals surface area contributed by atoms with Crippen LogP contribution in [0.5, 0.6) is 0 Å². The fourth-order valence-electron chi connectivity index (χ4n) is 1.73. The van der Waals surface area contributed by atoms with Gasteiger partial charge in [0.05, 0.1) is 16.9 Å². The van der Waals surface area contributed by atoms with E-state index in [0.29, 0.717) is 17.4 Å². The first kappa shape index (κ1) is 15.5. The molecule has 2 N–H and O–H groups in total. The van der Waals surface area contributed by atoms with Crippen molar-refractivity contribution in [3.8, 4) is 0 Å². The quantitative estimate of drug-likeness (QED) is 0.762. The van der Waals surface area contributed by atoms with E-state index in [1.54, 1.807) is 6.26 Å². The average Bonchev–Trinajstić information content (AvgIpc) is 2.99. The molecule has 0 aliphatic rings. The van der Waals surface area contributed by atoms with Crippen LogP contribution in [0.1, 0.15) is 16.7 Å². The van der Waals surface area contributed by atoms with Gasteiger partial charge in [0.25, 0.3) is 0 Å². The second kappa shape index (κ2) is 6.73. The molecule has 1 unspecified atom stereocenters. The summed E-state index contributed by atoms with van der Waals surface area (Å²) in [6.45, 7) is 0.795. The van der Waals surface area contributed by atoms with Gasteiger partial charge in [-0.05, 0) is 24.3 Å². The summed E-state index contributed by atoms with van der Waals surface area (Å²) in [5.74, 6) is 0.767. The highest BCUT2D eigenvalue weighted by Crippen LogP contribution is 2.31. The van der Waals surface area contributed by atoms with Gasteiger partial charge in [-0.15, -0.1) is 11.3 Å². The van der Waals surface area contributed by atoms with Gasteiger partial charge in [0.15, 0.2) is 0 Å². The van der Waals surface area contributed by atoms with E-state index in [-0.39, 0.29) is 6.04 Å². The van der Waals surface area contributed by atoms with E-state index in [4.69, 9.17) is 16.0 Å². The molecule has 2 rings (SSSR count). The Morgan fingerprint density at radius 1 is 1.35 bits per heavy atom. The van der Waals surface area contributed by atoms with Gasteiger partial charge >= 0.3 is 0 Å². The third kappa shape index (κ3) is 4.60. The largest absolute Gasteiger partial charge is 0.467 e. The van der Waals surface area contributed by atoms with Crippen LogP contribution >= 0.6 is 22.9 Å². The second-order valence-electron chi connectivity index (χ2n) is 4.21. The van der Waals surface area contributed by atoms with Crippen LogP contribution in [0.3, 0.4) is 0 Å². The van der Waals surface area contributed by atoms with Gasteiger partial charge in [-0.3, -0.25) is 0 Å². The Bertz CT molecular complexity index is 637. The number of rotatable bonds is 7. The third-order valence-electron chi connectivity index (χ3n) is 2.54. The molecular weight excluding hydrogens is 320 g/mol. The maximum Gasteiger partial charge on any atom is 0.208 e. The maximum absolute atomic E-state index is 11.0. The molecule has 0 saturated carbocycles. The molecule has 0 saturated heterocycles. The lowest BCUT2D eigenvalue weighted by atomic mass is 10.2. The lowest BCUT2D eigenvalue weighted by Crippen LogP contribution is -2.33. The summed E-state index contributed by atoms with van der Waals surface area (Å²) in [5, 5.41) is 3.26. The van der Waals surface area contributed by atoms with Crippen LogP contribution in [-0.2, 0) is 10.0 Å². The van der Waals surface area contributed by atoms with Crippen LogP contribution in [0.4, 0.5) is 0 Å². The zero-order valence-electron chi connectivity index (χ0n) is 10.8. The van der Waals surface area contributed by atoms with Crippen molar-refractivity contribution < 1.29 is 12.8 Å². The summed E-state index contributed by atoms with van der Waals surface area (Å²) >= 11 is 7.42. The normalized spacial score (nSPS) is 13.5. The van der Waals surface area contributed by atoms with Gasteiger partial charge in [0.2, 0.25) is 10.0 Å². The maximum atomic E-state index is 11.0. The van der Waals surface area contributed by atoms with Gasteiger partial charge in [-0.2, -0.15) is 0 Å². The van der Waals surface area contributed by atoms with E-state index in [1.165, 1.54) is 11.3 Å². The molecule has 0 amide bonds. The summed E-state index contributed by atoms with van der Waals surface area (Å²) in [7, 11) is -3.17. The third-order valence-corrected chi connectivity index (χ3v) is 4.57. The SMILES string of the molecule is CS(=O)(=O)NCCNC(c1ccco1)c1ccc(Cl)s1. The molecule has 0 spiro atoms. The molecule has 0 aliphatic carbocycles. The predicted molar refractivity (Wildman–Crippen MR) is 80.7 cm³/mol. The van der Waals surface area contributed by atoms with Gasteiger partial charge in [0, 0.05) is 18.0 Å². The minimum absolute atomic E-state index is 0.135. The van der Waals surface area contributed by atoms with Crippen molar-refractivity contribution in [1.82, 2.24) is 10.0 Å². The Balaban J connectivity index is 2.01. The van der Waals surface area contributed by atoms with Crippen LogP contribution in [0, 0.1) is 0 Å². The molecule has 0 aromatic carbocycles. The first-order chi connectivity index (χ1) is 9.46. The van der Waals surface area contributed by atoms with Gasteiger partial charge < -0.3 is 9.73 Å². The lowest BCUT2D eigenvalue weighted by molar-refractivity contribution is 0.450. The Hall–Kier alpha value is -0.860. The molecule has 0 aliphatic heterocycles. The van der Waals surface area contributed by atoms with Crippen LogP contribution in [0.15, 0.2) is 34.9 Å². The molecular formula is C12H15ClN2O3S2. The fraction of sp³-hybridized carbons (Fsp3) is 0.333. The molecule has 0 radical (unpaired) electrons. The minimum atomic E-state index is -3.17. The summed E-state index contributed by atoms with van der Waals surface area (Å²) in [6, 6.07) is 7.30. The molecule has 2 heterocycles. The standard InChI is InChI=1S/C12H15ClN2O3S2/c1-20(16,17)15-7-6-14-12(9-3-2-8-18-9)10-4-5-11(13)19-10/h2-5,8,12,14-15H,6-7H2,1H3. The number of hydrogen-bond acceptors (Lipinski definition) is 5. The average molecular weight is 335 g/mol. The molecule has 0 bridgehead atoms. The van der Waals surface area contributed by atoms with E-state index in [2.05, 4.69) is 10.0 Å². The van der Waals surface area contributed by atoms with Gasteiger partial charge in [0.1, 0.15) is 11.8 Å². The van der Waals surface area contributed by atoms with E-state index >= 15 is 0 Å². The number of halogens is 1. The summed E-state index contributed by atoms with van der Waals surface area (Å²) in [6.07, 6.45) is 2.74. The smallest absolute Gasteiger partial charge is 0.208 e. The first-order valence-electron chi connectivity index (χ1n) is 5.92. The monoisotopic (exact) mass is 334 g/mol. The Morgan fingerprint density at radius 2 is 2.15 bits per heavy atom. The summed E-state index contributed by atoms with van der Waals surface area (Å²) in [4.78, 5) is 1.02. The molecule has 20 heavy (non-hydrogen) atoms. The number of hydrogen-bond donors (Lipinski definition) is 2.